The van der Waals surface area contributed by atoms with Gasteiger partial charge in [0.1, 0.15) is 5.52 Å². The zero-order chi connectivity index (χ0) is 16.0. The molecule has 0 atom stereocenters. The lowest BCUT2D eigenvalue weighted by atomic mass is 9.55. The van der Waals surface area contributed by atoms with E-state index < -0.39 is 0 Å². The van der Waals surface area contributed by atoms with E-state index in [1.165, 1.54) is 32.6 Å². The van der Waals surface area contributed by atoms with Crippen LogP contribution in [0.5, 0.6) is 0 Å². The lowest BCUT2D eigenvalue weighted by Gasteiger charge is -2.23. The molecule has 2 aromatic carbocycles. The van der Waals surface area contributed by atoms with Gasteiger partial charge in [-0.2, -0.15) is 0 Å². The first kappa shape index (κ1) is 14.1. The molecule has 4 rings (SSSR count). The Balaban J connectivity index is 1.96. The van der Waals surface area contributed by atoms with Crippen molar-refractivity contribution in [1.29, 1.82) is 0 Å². The molecule has 1 aliphatic heterocycles. The number of fused-ring (bicyclic) bond motifs is 2. The Labute approximate surface area is 137 Å². The standard InChI is InChI=1S/C20H20BN2/c1-15-18-10-6-4-9-17(18)14-23(21(15)2)20-13-12-16-8-5-7-11-19(16)22(20)3/h4-14H,1-3H3/q+1. The number of hydrogen-bond acceptors (Lipinski definition) is 1. The highest BCUT2D eigenvalue weighted by molar-refractivity contribution is 6.80. The van der Waals surface area contributed by atoms with Crippen LogP contribution in [0.4, 0.5) is 5.82 Å². The van der Waals surface area contributed by atoms with Crippen molar-refractivity contribution in [3.05, 3.63) is 71.1 Å². The molecule has 0 saturated carbocycles. The van der Waals surface area contributed by atoms with E-state index >= 15 is 0 Å². The van der Waals surface area contributed by atoms with Crippen LogP contribution in [-0.4, -0.2) is 6.85 Å². The topological polar surface area (TPSA) is 7.12 Å². The van der Waals surface area contributed by atoms with Crippen LogP contribution in [0.25, 0.3) is 22.6 Å². The first-order chi connectivity index (χ1) is 11.2. The molecule has 2 nitrogen and oxygen atoms in total. The summed E-state index contributed by atoms with van der Waals surface area (Å²) < 4.78 is 2.28. The molecule has 0 aliphatic carbocycles. The zero-order valence-corrected chi connectivity index (χ0v) is 13.8. The van der Waals surface area contributed by atoms with Crippen LogP contribution < -0.4 is 19.8 Å². The fraction of sp³-hybridized carbons (Fsp3) is 0.150. The fourth-order valence-electron chi connectivity index (χ4n) is 3.52. The number of benzene rings is 2. The molecule has 3 heteroatoms. The van der Waals surface area contributed by atoms with Crippen molar-refractivity contribution in [2.45, 2.75) is 13.7 Å². The maximum Gasteiger partial charge on any atom is 0.405 e. The van der Waals surface area contributed by atoms with E-state index in [0.717, 1.165) is 0 Å². The number of nitrogens with zero attached hydrogens (tertiary/aromatic N) is 2. The largest absolute Gasteiger partial charge is 0.405 e. The number of aryl methyl sites for hydroxylation is 1. The third kappa shape index (κ3) is 2.15. The fourth-order valence-corrected chi connectivity index (χ4v) is 3.52. The summed E-state index contributed by atoms with van der Waals surface area (Å²) in [6.45, 7) is 4.86. The van der Waals surface area contributed by atoms with Crippen LogP contribution in [-0.2, 0) is 7.05 Å². The summed E-state index contributed by atoms with van der Waals surface area (Å²) in [7, 11) is 2.15. The minimum absolute atomic E-state index is 0.345. The molecule has 0 amide bonds. The quantitative estimate of drug-likeness (QED) is 0.494. The third-order valence-electron chi connectivity index (χ3n) is 5.03. The Kier molecular flexibility index (Phi) is 3.23. The van der Waals surface area contributed by atoms with Crippen LogP contribution in [0.1, 0.15) is 6.92 Å². The molecule has 1 aromatic heterocycles. The van der Waals surface area contributed by atoms with Gasteiger partial charge in [-0.05, 0) is 36.6 Å². The Morgan fingerprint density at radius 1 is 0.913 bits per heavy atom. The Morgan fingerprint density at radius 3 is 2.52 bits per heavy atom. The molecular weight excluding hydrogens is 279 g/mol. The minimum Gasteiger partial charge on any atom is -0.293 e. The van der Waals surface area contributed by atoms with Crippen molar-refractivity contribution in [2.24, 2.45) is 7.05 Å². The van der Waals surface area contributed by atoms with Crippen LogP contribution in [0.2, 0.25) is 6.82 Å². The second-order valence-corrected chi connectivity index (χ2v) is 6.29. The molecule has 0 bridgehead atoms. The van der Waals surface area contributed by atoms with Gasteiger partial charge in [0.05, 0.1) is 13.2 Å². The molecule has 112 valence electrons. The SMILES string of the molecule is CB1C(C)=c2ccccc2=CN1c1ccc2ccccc2[n+]1C. The van der Waals surface area contributed by atoms with E-state index in [9.17, 15) is 0 Å². The molecular formula is C20H20BN2+. The van der Waals surface area contributed by atoms with Crippen molar-refractivity contribution in [1.82, 2.24) is 0 Å². The molecule has 0 radical (unpaired) electrons. The summed E-state index contributed by atoms with van der Waals surface area (Å²) in [6.07, 6.45) is 2.27. The van der Waals surface area contributed by atoms with Crippen LogP contribution in [0, 0.1) is 0 Å². The maximum absolute atomic E-state index is 2.38. The molecule has 23 heavy (non-hydrogen) atoms. The smallest absolute Gasteiger partial charge is 0.293 e. The summed E-state index contributed by atoms with van der Waals surface area (Å²) in [4.78, 5) is 2.38. The Morgan fingerprint density at radius 2 is 1.65 bits per heavy atom. The van der Waals surface area contributed by atoms with Gasteiger partial charge in [-0.3, -0.25) is 4.81 Å². The van der Waals surface area contributed by atoms with Gasteiger partial charge in [-0.1, -0.05) is 42.5 Å². The van der Waals surface area contributed by atoms with E-state index in [2.05, 4.69) is 97.0 Å². The second kappa shape index (κ2) is 5.27. The van der Waals surface area contributed by atoms with E-state index in [1.54, 1.807) is 0 Å². The van der Waals surface area contributed by atoms with Gasteiger partial charge >= 0.3 is 6.85 Å². The van der Waals surface area contributed by atoms with Crippen LogP contribution in [0.3, 0.4) is 0 Å². The van der Waals surface area contributed by atoms with Gasteiger partial charge in [0.25, 0.3) is 5.82 Å². The Bertz CT molecular complexity index is 1020. The van der Waals surface area contributed by atoms with Gasteiger partial charge in [0, 0.05) is 16.7 Å². The minimum atomic E-state index is 0.345. The van der Waals surface area contributed by atoms with E-state index in [4.69, 9.17) is 0 Å². The molecule has 0 unspecified atom stereocenters. The predicted octanol–water partition coefficient (Wildman–Crippen LogP) is 2.25. The van der Waals surface area contributed by atoms with Crippen LogP contribution >= 0.6 is 0 Å². The normalized spacial score (nSPS) is 14.0. The van der Waals surface area contributed by atoms with Crippen molar-refractivity contribution in [3.63, 3.8) is 0 Å². The number of pyridine rings is 1. The average molecular weight is 299 g/mol. The summed E-state index contributed by atoms with van der Waals surface area (Å²) in [6, 6.07) is 21.6. The number of rotatable bonds is 1. The van der Waals surface area contributed by atoms with Crippen LogP contribution in [0.15, 0.2) is 60.7 Å². The Hall–Kier alpha value is -2.55. The lowest BCUT2D eigenvalue weighted by Crippen LogP contribution is -2.50. The molecule has 2 heterocycles. The summed E-state index contributed by atoms with van der Waals surface area (Å²) in [5.41, 5.74) is 2.67. The van der Waals surface area contributed by atoms with Crippen molar-refractivity contribution in [3.8, 4) is 0 Å². The second-order valence-electron chi connectivity index (χ2n) is 6.29. The lowest BCUT2D eigenvalue weighted by molar-refractivity contribution is -0.631. The van der Waals surface area contributed by atoms with Gasteiger partial charge in [-0.15, -0.1) is 0 Å². The summed E-state index contributed by atoms with van der Waals surface area (Å²) in [5, 5.41) is 3.92. The van der Waals surface area contributed by atoms with Gasteiger partial charge in [0.2, 0.25) is 0 Å². The number of aromatic nitrogens is 1. The number of para-hydroxylation sites is 1. The predicted molar refractivity (Wildman–Crippen MR) is 98.5 cm³/mol. The first-order valence-electron chi connectivity index (χ1n) is 8.10. The van der Waals surface area contributed by atoms with Gasteiger partial charge < -0.3 is 0 Å². The van der Waals surface area contributed by atoms with E-state index in [1.807, 2.05) is 0 Å². The summed E-state index contributed by atoms with van der Waals surface area (Å²) in [5.74, 6) is 1.21. The highest BCUT2D eigenvalue weighted by atomic mass is 15.2. The molecule has 0 saturated heterocycles. The molecule has 0 fully saturated rings. The molecule has 0 spiro atoms. The average Bonchev–Trinajstić information content (AvgIpc) is 2.59. The van der Waals surface area contributed by atoms with Crippen molar-refractivity contribution in [2.75, 3.05) is 4.81 Å². The summed E-state index contributed by atoms with van der Waals surface area (Å²) >= 11 is 0. The number of hydrogen-bond donors (Lipinski definition) is 0. The van der Waals surface area contributed by atoms with Gasteiger partial charge in [-0.25, -0.2) is 4.57 Å². The highest BCUT2D eigenvalue weighted by Gasteiger charge is 2.32. The van der Waals surface area contributed by atoms with Gasteiger partial charge in [0.15, 0.2) is 0 Å². The van der Waals surface area contributed by atoms with Crippen molar-refractivity contribution < 1.29 is 4.57 Å². The van der Waals surface area contributed by atoms with E-state index in [0.29, 0.717) is 6.85 Å². The highest BCUT2D eigenvalue weighted by Crippen LogP contribution is 2.20. The first-order valence-corrected chi connectivity index (χ1v) is 8.10. The molecule has 1 aliphatic rings. The molecule has 0 N–H and O–H groups in total. The van der Waals surface area contributed by atoms with E-state index in [-0.39, 0.29) is 0 Å². The number of anilines is 1. The monoisotopic (exact) mass is 299 g/mol. The zero-order valence-electron chi connectivity index (χ0n) is 13.8. The third-order valence-corrected chi connectivity index (χ3v) is 5.03. The van der Waals surface area contributed by atoms with Crippen molar-refractivity contribution >= 4 is 35.2 Å². The maximum atomic E-state index is 2.38. The molecule has 3 aromatic rings.